The fraction of sp³-hybridized carbons (Fsp3) is 0.536. The van der Waals surface area contributed by atoms with Crippen molar-refractivity contribution < 1.29 is 22.0 Å². The molecule has 0 bridgehead atoms. The first kappa shape index (κ1) is 27.3. The van der Waals surface area contributed by atoms with Gasteiger partial charge in [0.25, 0.3) is 0 Å². The lowest BCUT2D eigenvalue weighted by molar-refractivity contribution is -0.137. The summed E-state index contributed by atoms with van der Waals surface area (Å²) in [4.78, 5) is 4.26. The number of hydrogen-bond donors (Lipinski definition) is 1. The molecule has 1 N–H and O–H groups in total. The van der Waals surface area contributed by atoms with E-state index >= 15 is 0 Å². The number of rotatable bonds is 9. The van der Waals surface area contributed by atoms with Crippen molar-refractivity contribution in [2.75, 3.05) is 16.3 Å². The van der Waals surface area contributed by atoms with Gasteiger partial charge in [-0.25, -0.2) is 13.9 Å². The van der Waals surface area contributed by atoms with Crippen molar-refractivity contribution in [2.24, 2.45) is 5.92 Å². The van der Waals surface area contributed by atoms with E-state index < -0.39 is 25.1 Å². The van der Waals surface area contributed by atoms with Crippen molar-refractivity contribution in [1.29, 1.82) is 0 Å². The van der Waals surface area contributed by atoms with E-state index in [2.05, 4.69) is 32.4 Å². The molecule has 3 aromatic rings. The number of benzene rings is 2. The topological polar surface area (TPSA) is 60.9 Å². The summed E-state index contributed by atoms with van der Waals surface area (Å²) in [5, 5.41) is 14.3. The minimum Gasteiger partial charge on any atom is -0.368 e. The number of nitrogens with zero attached hydrogens (tertiary/aromatic N) is 5. The third-order valence-electron chi connectivity index (χ3n) is 8.12. The fourth-order valence-corrected chi connectivity index (χ4v) is 6.22. The monoisotopic (exact) mass is 548 g/mol. The first-order valence-corrected chi connectivity index (χ1v) is 13.5. The van der Waals surface area contributed by atoms with Crippen molar-refractivity contribution in [2.45, 2.75) is 83.6 Å². The zero-order chi connectivity index (χ0) is 27.6. The van der Waals surface area contributed by atoms with Gasteiger partial charge in [0.2, 0.25) is 5.95 Å². The molecular weight excluding hydrogens is 515 g/mol. The van der Waals surface area contributed by atoms with Crippen LogP contribution in [-0.4, -0.2) is 33.2 Å². The number of nitrogens with one attached hydrogen (secondary N) is 1. The number of aromatic nitrogens is 4. The second kappa shape index (κ2) is 11.5. The molecule has 2 aromatic carbocycles. The molecule has 5 rings (SSSR count). The number of fused-ring (bicyclic) bond motifs is 1. The maximum Gasteiger partial charge on any atom is 0.416 e. The van der Waals surface area contributed by atoms with Crippen LogP contribution in [0.3, 0.4) is 0 Å². The molecule has 2 atom stereocenters. The Morgan fingerprint density at radius 1 is 1.00 bits per heavy atom. The Morgan fingerprint density at radius 3 is 2.38 bits per heavy atom. The third kappa shape index (κ3) is 5.86. The molecule has 39 heavy (non-hydrogen) atoms. The van der Waals surface area contributed by atoms with Crippen molar-refractivity contribution >= 4 is 11.6 Å². The number of anilines is 2. The van der Waals surface area contributed by atoms with Gasteiger partial charge in [-0.1, -0.05) is 37.0 Å². The van der Waals surface area contributed by atoms with Gasteiger partial charge in [0, 0.05) is 24.8 Å². The molecule has 0 radical (unpaired) electrons. The molecule has 1 aliphatic carbocycles. The largest absolute Gasteiger partial charge is 0.416 e. The number of alkyl halides is 5. The van der Waals surface area contributed by atoms with Crippen molar-refractivity contribution in [3.63, 3.8) is 0 Å². The maximum atomic E-state index is 13.8. The summed E-state index contributed by atoms with van der Waals surface area (Å²) in [6.07, 6.45) is 1.76. The van der Waals surface area contributed by atoms with Gasteiger partial charge in [-0.3, -0.25) is 0 Å². The molecule has 0 amide bonds. The van der Waals surface area contributed by atoms with E-state index in [0.717, 1.165) is 36.3 Å². The minimum atomic E-state index is -4.61. The Morgan fingerprint density at radius 2 is 1.74 bits per heavy atom. The highest BCUT2D eigenvalue weighted by Crippen LogP contribution is 2.44. The van der Waals surface area contributed by atoms with Crippen LogP contribution >= 0.6 is 0 Å². The summed E-state index contributed by atoms with van der Waals surface area (Å²) >= 11 is 0. The fourth-order valence-electron chi connectivity index (χ4n) is 6.22. The molecule has 0 unspecified atom stereocenters. The maximum absolute atomic E-state index is 13.8. The molecule has 0 saturated heterocycles. The van der Waals surface area contributed by atoms with Crippen LogP contribution in [0.4, 0.5) is 33.6 Å². The van der Waals surface area contributed by atoms with Crippen molar-refractivity contribution in [1.82, 2.24) is 20.6 Å². The molecular formula is C28H33F5N6. The summed E-state index contributed by atoms with van der Waals surface area (Å²) in [6, 6.07) is 8.77. The van der Waals surface area contributed by atoms with Crippen LogP contribution in [0.15, 0.2) is 36.4 Å². The van der Waals surface area contributed by atoms with Gasteiger partial charge >= 0.3 is 6.18 Å². The molecule has 1 fully saturated rings. The molecule has 1 aromatic heterocycles. The lowest BCUT2D eigenvalue weighted by Crippen LogP contribution is -2.46. The lowest BCUT2D eigenvalue weighted by Gasteiger charge is -2.46. The Kier molecular flexibility index (Phi) is 8.04. The Hall–Kier alpha value is -3.24. The Balaban J connectivity index is 1.58. The number of aromatic amines is 1. The van der Waals surface area contributed by atoms with Crippen LogP contribution in [0.25, 0.3) is 0 Å². The zero-order valence-corrected chi connectivity index (χ0v) is 21.9. The van der Waals surface area contributed by atoms with Crippen molar-refractivity contribution in [3.05, 3.63) is 64.2 Å². The SMILES string of the molecule is CC[C@@H]1C[C@H](N(Cc2cc(CF)cc(C(F)(F)F)c2)c2nnn[nH]2)c2cc(CF)ccc2N1CC1CCCC1. The quantitative estimate of drug-likeness (QED) is 0.290. The summed E-state index contributed by atoms with van der Waals surface area (Å²) in [7, 11) is 0. The first-order chi connectivity index (χ1) is 18.8. The van der Waals surface area contributed by atoms with Crippen LogP contribution < -0.4 is 9.80 Å². The van der Waals surface area contributed by atoms with Crippen LogP contribution in [0.1, 0.15) is 79.3 Å². The van der Waals surface area contributed by atoms with Crippen LogP contribution in [0.2, 0.25) is 0 Å². The van der Waals surface area contributed by atoms with Gasteiger partial charge in [-0.15, -0.1) is 0 Å². The van der Waals surface area contributed by atoms with E-state index in [4.69, 9.17) is 0 Å². The van der Waals surface area contributed by atoms with E-state index in [1.807, 2.05) is 17.0 Å². The second-order valence-electron chi connectivity index (χ2n) is 10.7. The molecule has 1 aliphatic heterocycles. The number of tetrazole rings is 1. The number of halogens is 5. The van der Waals surface area contributed by atoms with Gasteiger partial charge in [-0.05, 0) is 88.5 Å². The van der Waals surface area contributed by atoms with E-state index in [-0.39, 0.29) is 30.1 Å². The Labute approximate surface area is 224 Å². The van der Waals surface area contributed by atoms with E-state index in [9.17, 15) is 22.0 Å². The van der Waals surface area contributed by atoms with Crippen LogP contribution in [0, 0.1) is 5.92 Å². The predicted molar refractivity (Wildman–Crippen MR) is 139 cm³/mol. The molecule has 2 aliphatic rings. The Bertz CT molecular complexity index is 1240. The van der Waals surface area contributed by atoms with Crippen molar-refractivity contribution in [3.8, 4) is 0 Å². The van der Waals surface area contributed by atoms with Crippen LogP contribution in [0.5, 0.6) is 0 Å². The molecule has 210 valence electrons. The average molecular weight is 549 g/mol. The van der Waals surface area contributed by atoms with E-state index in [0.29, 0.717) is 23.5 Å². The van der Waals surface area contributed by atoms with E-state index in [1.165, 1.54) is 31.7 Å². The molecule has 0 spiro atoms. The standard InChI is InChI=1S/C28H33F5N6/c1-2-23-13-26(24-12-19(14-29)7-8-25(24)38(23)16-18-5-3-4-6-18)39(27-34-36-37-35-27)17-21-9-20(15-30)10-22(11-21)28(31,32)33/h7-12,18,23,26H,2-6,13-17H2,1H3,(H,34,35,36,37)/t23-,26+/m1/s1. The number of H-pyrrole nitrogens is 1. The molecule has 1 saturated carbocycles. The van der Waals surface area contributed by atoms with Gasteiger partial charge < -0.3 is 9.80 Å². The minimum absolute atomic E-state index is 0.0107. The van der Waals surface area contributed by atoms with Gasteiger partial charge in [0.1, 0.15) is 13.3 Å². The highest BCUT2D eigenvalue weighted by atomic mass is 19.4. The highest BCUT2D eigenvalue weighted by molar-refractivity contribution is 5.61. The van der Waals surface area contributed by atoms with Gasteiger partial charge in [-0.2, -0.15) is 13.2 Å². The summed E-state index contributed by atoms with van der Waals surface area (Å²) in [5.74, 6) is 0.887. The average Bonchev–Trinajstić information content (AvgIpc) is 3.66. The molecule has 2 heterocycles. The summed E-state index contributed by atoms with van der Waals surface area (Å²) in [5.41, 5.74) is 1.77. The summed E-state index contributed by atoms with van der Waals surface area (Å²) in [6.45, 7) is 1.42. The normalized spacial score (nSPS) is 19.9. The van der Waals surface area contributed by atoms with Crippen LogP contribution in [-0.2, 0) is 26.1 Å². The number of hydrogen-bond acceptors (Lipinski definition) is 5. The first-order valence-electron chi connectivity index (χ1n) is 13.5. The molecule has 11 heteroatoms. The third-order valence-corrected chi connectivity index (χ3v) is 8.12. The predicted octanol–water partition coefficient (Wildman–Crippen LogP) is 7.08. The smallest absolute Gasteiger partial charge is 0.368 e. The zero-order valence-electron chi connectivity index (χ0n) is 21.9. The van der Waals surface area contributed by atoms with Gasteiger partial charge in [0.15, 0.2) is 0 Å². The van der Waals surface area contributed by atoms with Gasteiger partial charge in [0.05, 0.1) is 11.6 Å². The highest BCUT2D eigenvalue weighted by Gasteiger charge is 2.38. The molecule has 6 nitrogen and oxygen atoms in total. The summed E-state index contributed by atoms with van der Waals surface area (Å²) < 4.78 is 68.3. The van der Waals surface area contributed by atoms with E-state index in [1.54, 1.807) is 6.07 Å². The lowest BCUT2D eigenvalue weighted by atomic mass is 9.86. The second-order valence-corrected chi connectivity index (χ2v) is 10.7.